The second-order valence-corrected chi connectivity index (χ2v) is 15.0. The van der Waals surface area contributed by atoms with Crippen LogP contribution in [-0.2, 0) is 27.6 Å². The molecule has 12 nitrogen and oxygen atoms in total. The molecule has 0 bridgehead atoms. The van der Waals surface area contributed by atoms with Gasteiger partial charge in [0.15, 0.2) is 16.1 Å². The first-order valence-electron chi connectivity index (χ1n) is 16.8. The van der Waals surface area contributed by atoms with Crippen molar-refractivity contribution in [3.8, 4) is 39.8 Å². The summed E-state index contributed by atoms with van der Waals surface area (Å²) in [5.74, 6) is 0.674. The molecular formula is C39H35Cl2N3O9S. The van der Waals surface area contributed by atoms with Crippen molar-refractivity contribution in [2.45, 2.75) is 30.4 Å². The zero-order valence-electron chi connectivity index (χ0n) is 29.0. The number of hydrogen-bond acceptors (Lipinski definition) is 11. The van der Waals surface area contributed by atoms with Crippen molar-refractivity contribution < 1.29 is 42.1 Å². The number of rotatable bonds is 15. The number of pyridine rings is 2. The fraction of sp³-hybridized carbons (Fsp3) is 0.231. The van der Waals surface area contributed by atoms with E-state index in [0.717, 1.165) is 39.6 Å². The van der Waals surface area contributed by atoms with E-state index >= 15 is 0 Å². The number of amides is 1. The predicted molar refractivity (Wildman–Crippen MR) is 202 cm³/mol. The number of nitrogens with zero attached hydrogens (tertiary/aromatic N) is 2. The van der Waals surface area contributed by atoms with Crippen LogP contribution in [0.25, 0.3) is 22.3 Å². The Morgan fingerprint density at radius 3 is 2.48 bits per heavy atom. The van der Waals surface area contributed by atoms with Gasteiger partial charge in [0.05, 0.1) is 22.1 Å². The molecule has 0 fully saturated rings. The number of hydrogen-bond donors (Lipinski definition) is 2. The average molecular weight is 793 g/mol. The van der Waals surface area contributed by atoms with Crippen LogP contribution < -0.4 is 19.5 Å². The van der Waals surface area contributed by atoms with Gasteiger partial charge < -0.3 is 29.4 Å². The van der Waals surface area contributed by atoms with Crippen LogP contribution in [0.3, 0.4) is 0 Å². The van der Waals surface area contributed by atoms with E-state index in [9.17, 15) is 18.0 Å². The third-order valence-corrected chi connectivity index (χ3v) is 10.3. The summed E-state index contributed by atoms with van der Waals surface area (Å²) >= 11 is 13.6. The monoisotopic (exact) mass is 791 g/mol. The number of aldehydes is 1. The summed E-state index contributed by atoms with van der Waals surface area (Å²) in [6.07, 6.45) is 4.70. The van der Waals surface area contributed by atoms with E-state index in [2.05, 4.69) is 15.3 Å². The molecule has 0 unspecified atom stereocenters. The minimum Gasteiger partial charge on any atom is -0.490 e. The van der Waals surface area contributed by atoms with Crippen molar-refractivity contribution in [2.75, 3.05) is 32.6 Å². The number of halogens is 2. The summed E-state index contributed by atoms with van der Waals surface area (Å²) in [6.45, 7) is 0.0651. The van der Waals surface area contributed by atoms with E-state index in [1.807, 2.05) is 60.7 Å². The Morgan fingerprint density at radius 1 is 0.963 bits per heavy atom. The molecule has 3 aromatic carbocycles. The van der Waals surface area contributed by atoms with E-state index in [1.54, 1.807) is 0 Å². The minimum absolute atomic E-state index is 0.0160. The Kier molecular flexibility index (Phi) is 12.3. The van der Waals surface area contributed by atoms with Crippen molar-refractivity contribution in [3.63, 3.8) is 0 Å². The second-order valence-electron chi connectivity index (χ2n) is 12.2. The van der Waals surface area contributed by atoms with Gasteiger partial charge >= 0.3 is 6.09 Å². The molecule has 0 radical (unpaired) electrons. The van der Waals surface area contributed by atoms with E-state index in [4.69, 9.17) is 47.3 Å². The van der Waals surface area contributed by atoms with Crippen LogP contribution in [0.15, 0.2) is 90.1 Å². The molecule has 0 spiro atoms. The highest BCUT2D eigenvalue weighted by Gasteiger charge is 2.29. The molecular weight excluding hydrogens is 757 g/mol. The lowest BCUT2D eigenvalue weighted by Crippen LogP contribution is -2.28. The highest BCUT2D eigenvalue weighted by Crippen LogP contribution is 2.44. The van der Waals surface area contributed by atoms with E-state index in [1.165, 1.54) is 24.5 Å². The first-order valence-corrected chi connectivity index (χ1v) is 19.4. The number of carbonyl (C=O) groups is 2. The van der Waals surface area contributed by atoms with Crippen LogP contribution in [0.2, 0.25) is 10.0 Å². The Morgan fingerprint density at radius 2 is 1.72 bits per heavy atom. The largest absolute Gasteiger partial charge is 0.490 e. The second kappa shape index (κ2) is 17.3. The number of ether oxygens (including phenoxy) is 4. The molecule has 2 aromatic heterocycles. The summed E-state index contributed by atoms with van der Waals surface area (Å²) in [6, 6.07) is 22.2. The number of fused-ring (bicyclic) bond motifs is 1. The van der Waals surface area contributed by atoms with E-state index in [-0.39, 0.29) is 60.2 Å². The van der Waals surface area contributed by atoms with Gasteiger partial charge in [-0.1, -0.05) is 71.7 Å². The van der Waals surface area contributed by atoms with Crippen molar-refractivity contribution in [2.24, 2.45) is 0 Å². The molecule has 0 saturated carbocycles. The van der Waals surface area contributed by atoms with Crippen molar-refractivity contribution in [1.29, 1.82) is 0 Å². The fourth-order valence-corrected chi connectivity index (χ4v) is 7.13. The van der Waals surface area contributed by atoms with Gasteiger partial charge in [0, 0.05) is 41.9 Å². The molecule has 1 aliphatic carbocycles. The molecule has 1 atom stereocenters. The van der Waals surface area contributed by atoms with Crippen LogP contribution in [0.5, 0.6) is 17.5 Å². The maximum Gasteiger partial charge on any atom is 0.407 e. The molecule has 5 aromatic rings. The highest BCUT2D eigenvalue weighted by molar-refractivity contribution is 7.90. The van der Waals surface area contributed by atoms with Crippen LogP contribution in [0.1, 0.15) is 39.6 Å². The first-order chi connectivity index (χ1) is 26.0. The Bertz CT molecular complexity index is 2270. The highest BCUT2D eigenvalue weighted by atomic mass is 35.5. The first kappa shape index (κ1) is 38.5. The van der Waals surface area contributed by atoms with Gasteiger partial charge in [-0.15, -0.1) is 0 Å². The third-order valence-electron chi connectivity index (χ3n) is 8.53. The smallest absolute Gasteiger partial charge is 0.407 e. The maximum atomic E-state index is 12.0. The van der Waals surface area contributed by atoms with Crippen LogP contribution in [-0.4, -0.2) is 68.5 Å². The Labute approximate surface area is 321 Å². The van der Waals surface area contributed by atoms with Gasteiger partial charge in [0.1, 0.15) is 36.7 Å². The zero-order chi connectivity index (χ0) is 38.2. The average Bonchev–Trinajstić information content (AvgIpc) is 3.58. The summed E-state index contributed by atoms with van der Waals surface area (Å²) in [7, 11) is -3.47. The Balaban J connectivity index is 1.17. The minimum atomic E-state index is -3.47. The quantitative estimate of drug-likeness (QED) is 0.0823. The lowest BCUT2D eigenvalue weighted by atomic mass is 9.94. The number of alkyl carbamates (subject to hydrolysis) is 1. The SMILES string of the molecule is CS(=O)(=O)c1cncc(COc2nc(O[C@H]3CCc4c(-c5cccc(-c6ccc(OCCOC(=O)NCCO)cc6)c5Cl)cccc43)c(Cl)cc2C=O)c1. The van der Waals surface area contributed by atoms with Gasteiger partial charge in [0.2, 0.25) is 11.8 Å². The summed E-state index contributed by atoms with van der Waals surface area (Å²) < 4.78 is 46.8. The van der Waals surface area contributed by atoms with Crippen LogP contribution in [0.4, 0.5) is 4.79 Å². The maximum absolute atomic E-state index is 12.0. The number of benzene rings is 3. The summed E-state index contributed by atoms with van der Waals surface area (Å²) in [5, 5.41) is 11.9. The number of aliphatic hydroxyl groups excluding tert-OH is 1. The lowest BCUT2D eigenvalue weighted by Gasteiger charge is -2.18. The third kappa shape index (κ3) is 9.11. The fourth-order valence-electron chi connectivity index (χ4n) is 5.97. The number of aromatic nitrogens is 2. The van der Waals surface area contributed by atoms with Crippen molar-refractivity contribution >= 4 is 45.4 Å². The number of carbonyl (C=O) groups excluding carboxylic acids is 2. The summed E-state index contributed by atoms with van der Waals surface area (Å²) in [5.41, 5.74) is 6.17. The number of nitrogens with one attached hydrogen (secondary N) is 1. The lowest BCUT2D eigenvalue weighted by molar-refractivity contribution is 0.111. The molecule has 54 heavy (non-hydrogen) atoms. The zero-order valence-corrected chi connectivity index (χ0v) is 31.3. The molecule has 0 aliphatic heterocycles. The molecule has 2 N–H and O–H groups in total. The predicted octanol–water partition coefficient (Wildman–Crippen LogP) is 7.08. The van der Waals surface area contributed by atoms with Gasteiger partial charge in [-0.3, -0.25) is 9.78 Å². The van der Waals surface area contributed by atoms with Crippen molar-refractivity contribution in [1.82, 2.24) is 15.3 Å². The molecule has 280 valence electrons. The molecule has 2 heterocycles. The van der Waals surface area contributed by atoms with Crippen molar-refractivity contribution in [3.05, 3.63) is 117 Å². The number of sulfone groups is 1. The van der Waals surface area contributed by atoms with Gasteiger partial charge in [-0.05, 0) is 59.4 Å². The van der Waals surface area contributed by atoms with Gasteiger partial charge in [0.25, 0.3) is 0 Å². The van der Waals surface area contributed by atoms with Gasteiger partial charge in [-0.2, -0.15) is 4.98 Å². The van der Waals surface area contributed by atoms with Crippen LogP contribution >= 0.6 is 23.2 Å². The molecule has 1 amide bonds. The van der Waals surface area contributed by atoms with E-state index < -0.39 is 22.0 Å². The summed E-state index contributed by atoms with van der Waals surface area (Å²) in [4.78, 5) is 31.8. The molecule has 6 rings (SSSR count). The van der Waals surface area contributed by atoms with E-state index in [0.29, 0.717) is 35.5 Å². The Hall–Kier alpha value is -5.21. The normalized spacial score (nSPS) is 13.5. The standard InChI is InChI=1S/C39H35Cl2N3O9S/c1-54(48,49)28-18-24(20-42-21-28)23-52-37-26(22-46)19-34(40)38(44-37)53-35-13-12-31-30(5-3-6-32(31)35)33-7-2-4-29(36(33)41)25-8-10-27(11-9-25)50-16-17-51-39(47)43-14-15-45/h2-11,18-22,35,45H,12-17,23H2,1H3,(H,43,47)/t35-/m0/s1. The molecule has 0 saturated heterocycles. The topological polar surface area (TPSA) is 163 Å². The number of aliphatic hydroxyl groups is 1. The van der Waals surface area contributed by atoms with Crippen LogP contribution in [0, 0.1) is 0 Å². The van der Waals surface area contributed by atoms with Gasteiger partial charge in [-0.25, -0.2) is 13.2 Å². The molecule has 1 aliphatic rings. The molecule has 15 heteroatoms.